The van der Waals surface area contributed by atoms with E-state index in [4.69, 9.17) is 0 Å². The zero-order valence-corrected chi connectivity index (χ0v) is 9.50. The Kier molecular flexibility index (Phi) is 3.42. The van der Waals surface area contributed by atoms with Crippen molar-refractivity contribution in [2.45, 2.75) is 32.4 Å². The van der Waals surface area contributed by atoms with Crippen molar-refractivity contribution in [2.24, 2.45) is 0 Å². The van der Waals surface area contributed by atoms with Crippen molar-refractivity contribution in [2.75, 3.05) is 39.3 Å². The summed E-state index contributed by atoms with van der Waals surface area (Å²) in [4.78, 5) is 5.29. The largest absolute Gasteiger partial charge is 0.313 e. The van der Waals surface area contributed by atoms with Crippen molar-refractivity contribution in [1.82, 2.24) is 15.1 Å². The Morgan fingerprint density at radius 2 is 1.93 bits per heavy atom. The van der Waals surface area contributed by atoms with Gasteiger partial charge in [0.2, 0.25) is 0 Å². The molecule has 14 heavy (non-hydrogen) atoms. The van der Waals surface area contributed by atoms with Gasteiger partial charge in [-0.25, -0.2) is 0 Å². The van der Waals surface area contributed by atoms with Gasteiger partial charge in [-0.3, -0.25) is 9.80 Å². The normalized spacial score (nSPS) is 38.6. The first-order valence-electron chi connectivity index (χ1n) is 6.05. The van der Waals surface area contributed by atoms with Gasteiger partial charge in [-0.15, -0.1) is 0 Å². The molecule has 0 saturated carbocycles. The number of likely N-dealkylation sites (N-methyl/N-ethyl adjacent to an activating group) is 1. The van der Waals surface area contributed by atoms with Gasteiger partial charge in [0.25, 0.3) is 0 Å². The van der Waals surface area contributed by atoms with E-state index in [1.807, 2.05) is 0 Å². The molecule has 3 fully saturated rings. The van der Waals surface area contributed by atoms with Gasteiger partial charge >= 0.3 is 0 Å². The van der Waals surface area contributed by atoms with Crippen molar-refractivity contribution in [3.8, 4) is 0 Å². The van der Waals surface area contributed by atoms with Crippen LogP contribution < -0.4 is 5.32 Å². The van der Waals surface area contributed by atoms with Gasteiger partial charge in [-0.1, -0.05) is 13.8 Å². The molecule has 0 radical (unpaired) electrons. The maximum Gasteiger partial charge on any atom is 0.0377 e. The smallest absolute Gasteiger partial charge is 0.0377 e. The Morgan fingerprint density at radius 3 is 2.36 bits per heavy atom. The molecule has 3 aliphatic heterocycles. The third-order valence-electron chi connectivity index (χ3n) is 3.69. The molecule has 2 unspecified atom stereocenters. The third-order valence-corrected chi connectivity index (χ3v) is 3.69. The average Bonchev–Trinajstić information content (AvgIpc) is 2.27. The molecule has 3 heterocycles. The summed E-state index contributed by atoms with van der Waals surface area (Å²) < 4.78 is 0. The Morgan fingerprint density at radius 1 is 1.21 bits per heavy atom. The second-order valence-corrected chi connectivity index (χ2v) is 4.48. The molecular weight excluding hydrogens is 174 g/mol. The number of hydrogen-bond donors (Lipinski definition) is 1. The van der Waals surface area contributed by atoms with Crippen LogP contribution in [0.4, 0.5) is 0 Å². The fourth-order valence-electron chi connectivity index (χ4n) is 2.85. The van der Waals surface area contributed by atoms with Crippen molar-refractivity contribution in [3.63, 3.8) is 0 Å². The average molecular weight is 197 g/mol. The SMILES string of the molecule is CCNC(CC)C1CN2CCN1CC2. The van der Waals surface area contributed by atoms with Crippen LogP contribution in [-0.2, 0) is 0 Å². The summed E-state index contributed by atoms with van der Waals surface area (Å²) in [7, 11) is 0. The van der Waals surface area contributed by atoms with E-state index < -0.39 is 0 Å². The van der Waals surface area contributed by atoms with E-state index >= 15 is 0 Å². The highest BCUT2D eigenvalue weighted by molar-refractivity contribution is 4.94. The van der Waals surface area contributed by atoms with Crippen molar-refractivity contribution < 1.29 is 0 Å². The maximum atomic E-state index is 3.62. The molecule has 3 aliphatic rings. The third kappa shape index (κ3) is 1.95. The van der Waals surface area contributed by atoms with E-state index in [2.05, 4.69) is 29.0 Å². The van der Waals surface area contributed by atoms with Gasteiger partial charge in [0.15, 0.2) is 0 Å². The summed E-state index contributed by atoms with van der Waals surface area (Å²) >= 11 is 0. The van der Waals surface area contributed by atoms with Crippen LogP contribution in [0.5, 0.6) is 0 Å². The van der Waals surface area contributed by atoms with E-state index in [1.165, 1.54) is 39.1 Å². The topological polar surface area (TPSA) is 18.5 Å². The van der Waals surface area contributed by atoms with E-state index in [9.17, 15) is 0 Å². The lowest BCUT2D eigenvalue weighted by Crippen LogP contribution is -2.66. The highest BCUT2D eigenvalue weighted by Gasteiger charge is 2.35. The number of piperazine rings is 3. The molecule has 0 aromatic rings. The number of nitrogens with zero attached hydrogens (tertiary/aromatic N) is 2. The second-order valence-electron chi connectivity index (χ2n) is 4.48. The number of rotatable bonds is 4. The van der Waals surface area contributed by atoms with E-state index in [0.29, 0.717) is 6.04 Å². The molecule has 1 N–H and O–H groups in total. The van der Waals surface area contributed by atoms with Crippen LogP contribution in [0, 0.1) is 0 Å². The Labute approximate surface area is 87.4 Å². The molecule has 3 nitrogen and oxygen atoms in total. The molecule has 3 heteroatoms. The summed E-state index contributed by atoms with van der Waals surface area (Å²) in [6, 6.07) is 1.46. The van der Waals surface area contributed by atoms with Crippen LogP contribution in [0.25, 0.3) is 0 Å². The second kappa shape index (κ2) is 4.60. The molecule has 0 aromatic carbocycles. The lowest BCUT2D eigenvalue weighted by Gasteiger charge is -2.50. The lowest BCUT2D eigenvalue weighted by atomic mass is 9.98. The monoisotopic (exact) mass is 197 g/mol. The maximum absolute atomic E-state index is 3.62. The van der Waals surface area contributed by atoms with Gasteiger partial charge in [-0.2, -0.15) is 0 Å². The molecule has 0 aliphatic carbocycles. The van der Waals surface area contributed by atoms with E-state index in [0.717, 1.165) is 12.6 Å². The summed E-state index contributed by atoms with van der Waals surface area (Å²) in [6.45, 7) is 12.0. The van der Waals surface area contributed by atoms with Crippen molar-refractivity contribution >= 4 is 0 Å². The van der Waals surface area contributed by atoms with Crippen LogP contribution in [0.3, 0.4) is 0 Å². The minimum Gasteiger partial charge on any atom is -0.313 e. The minimum atomic E-state index is 0.697. The molecule has 2 atom stereocenters. The zero-order valence-electron chi connectivity index (χ0n) is 9.50. The van der Waals surface area contributed by atoms with Gasteiger partial charge in [0.1, 0.15) is 0 Å². The summed E-state index contributed by atoms with van der Waals surface area (Å²) in [6.07, 6.45) is 1.25. The summed E-state index contributed by atoms with van der Waals surface area (Å²) in [5.41, 5.74) is 0. The molecule has 2 bridgehead atoms. The first-order chi connectivity index (χ1) is 6.85. The lowest BCUT2D eigenvalue weighted by molar-refractivity contribution is -0.00348. The van der Waals surface area contributed by atoms with Crippen molar-refractivity contribution in [1.29, 1.82) is 0 Å². The fraction of sp³-hybridized carbons (Fsp3) is 1.00. The molecule has 0 amide bonds. The Bertz CT molecular complexity index is 175. The molecule has 3 rings (SSSR count). The minimum absolute atomic E-state index is 0.697. The van der Waals surface area contributed by atoms with Crippen LogP contribution in [0.1, 0.15) is 20.3 Å². The highest BCUT2D eigenvalue weighted by atomic mass is 15.4. The fourth-order valence-corrected chi connectivity index (χ4v) is 2.85. The molecular formula is C11H23N3. The highest BCUT2D eigenvalue weighted by Crippen LogP contribution is 2.19. The Hall–Kier alpha value is -0.120. The first kappa shape index (κ1) is 10.4. The Balaban J connectivity index is 1.95. The number of hydrogen-bond acceptors (Lipinski definition) is 3. The van der Waals surface area contributed by atoms with Gasteiger partial charge in [0.05, 0.1) is 0 Å². The van der Waals surface area contributed by atoms with Crippen LogP contribution in [0.15, 0.2) is 0 Å². The van der Waals surface area contributed by atoms with Crippen LogP contribution in [0.2, 0.25) is 0 Å². The quantitative estimate of drug-likeness (QED) is 0.703. The zero-order chi connectivity index (χ0) is 9.97. The molecule has 0 spiro atoms. The first-order valence-corrected chi connectivity index (χ1v) is 6.05. The van der Waals surface area contributed by atoms with Gasteiger partial charge in [0, 0.05) is 44.8 Å². The van der Waals surface area contributed by atoms with Crippen LogP contribution in [-0.4, -0.2) is 61.2 Å². The number of nitrogens with one attached hydrogen (secondary N) is 1. The predicted molar refractivity (Wildman–Crippen MR) is 59.6 cm³/mol. The summed E-state index contributed by atoms with van der Waals surface area (Å²) in [5.74, 6) is 0. The van der Waals surface area contributed by atoms with E-state index in [-0.39, 0.29) is 0 Å². The van der Waals surface area contributed by atoms with Gasteiger partial charge < -0.3 is 5.32 Å². The van der Waals surface area contributed by atoms with E-state index in [1.54, 1.807) is 0 Å². The van der Waals surface area contributed by atoms with Crippen molar-refractivity contribution in [3.05, 3.63) is 0 Å². The summed E-state index contributed by atoms with van der Waals surface area (Å²) in [5, 5.41) is 3.62. The molecule has 0 aromatic heterocycles. The molecule has 3 saturated heterocycles. The number of fused-ring (bicyclic) bond motifs is 3. The molecule has 82 valence electrons. The standard InChI is InChI=1S/C11H23N3/c1-3-10(12-4-2)11-9-13-5-7-14(11)8-6-13/h10-12H,3-9H2,1-2H3. The van der Waals surface area contributed by atoms with Crippen LogP contribution >= 0.6 is 0 Å². The van der Waals surface area contributed by atoms with Gasteiger partial charge in [-0.05, 0) is 13.0 Å². The predicted octanol–water partition coefficient (Wildman–Crippen LogP) is 0.374.